The van der Waals surface area contributed by atoms with Gasteiger partial charge in [-0.2, -0.15) is 5.10 Å². The van der Waals surface area contributed by atoms with E-state index in [1.807, 2.05) is 30.3 Å². The van der Waals surface area contributed by atoms with Crippen molar-refractivity contribution in [1.29, 1.82) is 0 Å². The number of esters is 1. The first-order chi connectivity index (χ1) is 9.79. The molecule has 0 saturated carbocycles. The summed E-state index contributed by atoms with van der Waals surface area (Å²) in [4.78, 5) is 16.1. The Bertz CT molecular complexity index is 750. The largest absolute Gasteiger partial charge is 0.461 e. The van der Waals surface area contributed by atoms with E-state index < -0.39 is 5.97 Å². The average molecular weight is 267 g/mol. The first-order valence-electron chi connectivity index (χ1n) is 6.37. The first-order valence-corrected chi connectivity index (χ1v) is 6.37. The Hall–Kier alpha value is -2.69. The van der Waals surface area contributed by atoms with Gasteiger partial charge < -0.3 is 4.74 Å². The number of carbonyl (C=O) groups excluding carboxylic acids is 1. The van der Waals surface area contributed by atoms with Crippen molar-refractivity contribution in [3.63, 3.8) is 0 Å². The van der Waals surface area contributed by atoms with Crippen LogP contribution in [-0.4, -0.2) is 27.2 Å². The quantitative estimate of drug-likeness (QED) is 0.684. The van der Waals surface area contributed by atoms with E-state index in [1.165, 1.54) is 0 Å². The van der Waals surface area contributed by atoms with Crippen LogP contribution < -0.4 is 0 Å². The Morgan fingerprint density at radius 2 is 2.05 bits per heavy atom. The highest BCUT2D eigenvalue weighted by molar-refractivity contribution is 5.89. The molecule has 3 aromatic rings. The highest BCUT2D eigenvalue weighted by atomic mass is 16.5. The predicted octanol–water partition coefficient (Wildman–Crippen LogP) is 2.57. The third kappa shape index (κ3) is 2.14. The van der Waals surface area contributed by atoms with E-state index in [0.29, 0.717) is 17.9 Å². The molecule has 0 atom stereocenters. The van der Waals surface area contributed by atoms with Crippen molar-refractivity contribution in [2.75, 3.05) is 6.61 Å². The van der Waals surface area contributed by atoms with E-state index >= 15 is 0 Å². The van der Waals surface area contributed by atoms with Gasteiger partial charge in [-0.1, -0.05) is 30.3 Å². The Labute approximate surface area is 115 Å². The van der Waals surface area contributed by atoms with E-state index in [9.17, 15) is 4.79 Å². The third-order valence-corrected chi connectivity index (χ3v) is 2.91. The molecule has 5 heteroatoms. The van der Waals surface area contributed by atoms with E-state index in [2.05, 4.69) is 10.1 Å². The first kappa shape index (κ1) is 12.3. The smallest absolute Gasteiger partial charge is 0.357 e. The second-order valence-electron chi connectivity index (χ2n) is 4.21. The highest BCUT2D eigenvalue weighted by Crippen LogP contribution is 2.20. The molecular weight excluding hydrogens is 254 g/mol. The number of nitrogens with zero attached hydrogens (tertiary/aromatic N) is 3. The number of aromatic nitrogens is 3. The molecule has 0 unspecified atom stereocenters. The van der Waals surface area contributed by atoms with Gasteiger partial charge in [0.2, 0.25) is 0 Å². The summed E-state index contributed by atoms with van der Waals surface area (Å²) in [6.45, 7) is 2.10. The summed E-state index contributed by atoms with van der Waals surface area (Å²) in [5, 5.41) is 4.24. The minimum absolute atomic E-state index is 0.290. The van der Waals surface area contributed by atoms with Crippen LogP contribution >= 0.6 is 0 Å². The lowest BCUT2D eigenvalue weighted by Crippen LogP contribution is -2.09. The van der Waals surface area contributed by atoms with Gasteiger partial charge in [0, 0.05) is 11.6 Å². The number of benzene rings is 1. The van der Waals surface area contributed by atoms with Crippen LogP contribution in [0.2, 0.25) is 0 Å². The van der Waals surface area contributed by atoms with E-state index in [1.54, 1.807) is 29.8 Å². The van der Waals surface area contributed by atoms with Crippen LogP contribution in [0.3, 0.4) is 0 Å². The molecule has 2 heterocycles. The Morgan fingerprint density at radius 3 is 2.80 bits per heavy atom. The maximum atomic E-state index is 11.9. The summed E-state index contributed by atoms with van der Waals surface area (Å²) >= 11 is 0. The van der Waals surface area contributed by atoms with Crippen molar-refractivity contribution < 1.29 is 9.53 Å². The molecular formula is C15H13N3O2. The van der Waals surface area contributed by atoms with Crippen molar-refractivity contribution in [3.05, 3.63) is 54.4 Å². The zero-order chi connectivity index (χ0) is 13.9. The number of ether oxygens (including phenoxy) is 1. The van der Waals surface area contributed by atoms with Gasteiger partial charge in [0.15, 0.2) is 11.3 Å². The third-order valence-electron chi connectivity index (χ3n) is 2.91. The molecule has 0 aliphatic heterocycles. The molecule has 3 rings (SSSR count). The zero-order valence-electron chi connectivity index (χ0n) is 11.0. The van der Waals surface area contributed by atoms with Gasteiger partial charge in [-0.15, -0.1) is 0 Å². The monoisotopic (exact) mass is 267 g/mol. The summed E-state index contributed by atoms with van der Waals surface area (Å²) < 4.78 is 6.72. The molecule has 2 aromatic heterocycles. The van der Waals surface area contributed by atoms with Crippen molar-refractivity contribution in [2.24, 2.45) is 0 Å². The lowest BCUT2D eigenvalue weighted by molar-refractivity contribution is 0.0519. The lowest BCUT2D eigenvalue weighted by Gasteiger charge is -2.07. The molecule has 0 aliphatic carbocycles. The fourth-order valence-corrected chi connectivity index (χ4v) is 2.04. The van der Waals surface area contributed by atoms with Gasteiger partial charge in [-0.25, -0.2) is 14.3 Å². The summed E-state index contributed by atoms with van der Waals surface area (Å²) in [5.74, 6) is -0.423. The number of carbonyl (C=O) groups is 1. The molecule has 0 radical (unpaired) electrons. The van der Waals surface area contributed by atoms with Gasteiger partial charge in [0.25, 0.3) is 0 Å². The summed E-state index contributed by atoms with van der Waals surface area (Å²) in [6, 6.07) is 13.2. The van der Waals surface area contributed by atoms with Gasteiger partial charge in [0.05, 0.1) is 18.5 Å². The normalized spacial score (nSPS) is 10.7. The maximum absolute atomic E-state index is 11.9. The second kappa shape index (κ2) is 5.13. The zero-order valence-corrected chi connectivity index (χ0v) is 11.0. The molecule has 0 aliphatic rings. The van der Waals surface area contributed by atoms with Crippen LogP contribution in [0.1, 0.15) is 17.4 Å². The van der Waals surface area contributed by atoms with Crippen LogP contribution in [-0.2, 0) is 4.74 Å². The van der Waals surface area contributed by atoms with Gasteiger partial charge in [0.1, 0.15) is 0 Å². The number of fused-ring (bicyclic) bond motifs is 1. The highest BCUT2D eigenvalue weighted by Gasteiger charge is 2.14. The maximum Gasteiger partial charge on any atom is 0.357 e. The van der Waals surface area contributed by atoms with Crippen LogP contribution in [0.5, 0.6) is 0 Å². The predicted molar refractivity (Wildman–Crippen MR) is 74.4 cm³/mol. The Balaban J connectivity index is 2.19. The number of hydrogen-bond acceptors (Lipinski definition) is 4. The number of rotatable bonds is 3. The molecule has 100 valence electrons. The van der Waals surface area contributed by atoms with Gasteiger partial charge in [-0.3, -0.25) is 0 Å². The van der Waals surface area contributed by atoms with Crippen molar-refractivity contribution in [1.82, 2.24) is 14.6 Å². The van der Waals surface area contributed by atoms with Crippen LogP contribution in [0.15, 0.2) is 48.7 Å². The molecule has 0 spiro atoms. The molecule has 1 aromatic carbocycles. The molecule has 0 bridgehead atoms. The summed E-state index contributed by atoms with van der Waals surface area (Å²) in [5.41, 5.74) is 2.69. The van der Waals surface area contributed by atoms with E-state index in [4.69, 9.17) is 4.74 Å². The van der Waals surface area contributed by atoms with Gasteiger partial charge in [-0.05, 0) is 13.0 Å². The minimum Gasteiger partial charge on any atom is -0.461 e. The lowest BCUT2D eigenvalue weighted by atomic mass is 10.1. The summed E-state index contributed by atoms with van der Waals surface area (Å²) in [6.07, 6.45) is 1.66. The standard InChI is InChI=1S/C15H13N3O2/c1-2-20-15(19)12-10-13(11-6-4-3-5-7-11)18-14(17-12)8-9-16-18/h3-10H,2H2,1H3. The number of hydrogen-bond donors (Lipinski definition) is 0. The van der Waals surface area contributed by atoms with Crippen molar-refractivity contribution in [3.8, 4) is 11.3 Å². The summed E-state index contributed by atoms with van der Waals surface area (Å²) in [7, 11) is 0. The Kier molecular flexibility index (Phi) is 3.16. The van der Waals surface area contributed by atoms with Gasteiger partial charge >= 0.3 is 5.97 Å². The fraction of sp³-hybridized carbons (Fsp3) is 0.133. The molecule has 0 saturated heterocycles. The van der Waals surface area contributed by atoms with E-state index in [-0.39, 0.29) is 0 Å². The average Bonchev–Trinajstić information content (AvgIpc) is 2.95. The minimum atomic E-state index is -0.423. The fourth-order valence-electron chi connectivity index (χ4n) is 2.04. The van der Waals surface area contributed by atoms with Crippen molar-refractivity contribution >= 4 is 11.6 Å². The van der Waals surface area contributed by atoms with Crippen LogP contribution in [0, 0.1) is 0 Å². The molecule has 0 amide bonds. The SMILES string of the molecule is CCOC(=O)c1cc(-c2ccccc2)n2nccc2n1. The molecule has 20 heavy (non-hydrogen) atoms. The van der Waals surface area contributed by atoms with Crippen molar-refractivity contribution in [2.45, 2.75) is 6.92 Å². The molecule has 0 N–H and O–H groups in total. The molecule has 5 nitrogen and oxygen atoms in total. The Morgan fingerprint density at radius 1 is 1.25 bits per heavy atom. The topological polar surface area (TPSA) is 56.5 Å². The van der Waals surface area contributed by atoms with E-state index in [0.717, 1.165) is 11.3 Å². The van der Waals surface area contributed by atoms with Crippen LogP contribution in [0.25, 0.3) is 16.9 Å². The molecule has 0 fully saturated rings. The van der Waals surface area contributed by atoms with Crippen LogP contribution in [0.4, 0.5) is 0 Å². The second-order valence-corrected chi connectivity index (χ2v) is 4.21.